The molecule has 0 N–H and O–H groups in total. The summed E-state index contributed by atoms with van der Waals surface area (Å²) in [6.07, 6.45) is 0.403. The molecule has 0 radical (unpaired) electrons. The summed E-state index contributed by atoms with van der Waals surface area (Å²) >= 11 is 0. The van der Waals surface area contributed by atoms with Crippen molar-refractivity contribution in [1.82, 2.24) is 9.47 Å². The zero-order valence-electron chi connectivity index (χ0n) is 20.8. The number of benzene rings is 4. The zero-order valence-corrected chi connectivity index (χ0v) is 20.8. The molecule has 1 saturated heterocycles. The number of rotatable bonds is 7. The molecule has 5 heteroatoms. The Hall–Kier alpha value is -4.09. The molecule has 1 aromatic heterocycles. The summed E-state index contributed by atoms with van der Waals surface area (Å²) in [4.78, 5) is 14.8. The van der Waals surface area contributed by atoms with Crippen molar-refractivity contribution >= 4 is 27.7 Å². The average molecular weight is 491 g/mol. The predicted octanol–water partition coefficient (Wildman–Crippen LogP) is 5.82. The first kappa shape index (κ1) is 23.3. The minimum Gasteiger partial charge on any atom is -0.489 e. The average Bonchev–Trinajstić information content (AvgIpc) is 3.26. The highest BCUT2D eigenvalue weighted by molar-refractivity contribution is 6.08. The second-order valence-corrected chi connectivity index (χ2v) is 9.55. The monoisotopic (exact) mass is 490 g/mol. The van der Waals surface area contributed by atoms with Gasteiger partial charge in [-0.25, -0.2) is 0 Å². The standard InChI is InChI=1S/C32H30N2O3/c35-32(33-15-17-36-18-16-33)21-25-13-14-29-28-11-4-5-12-30(28)34(31(29)20-25)22-26-9-6-10-27(19-26)37-23-24-7-2-1-3-8-24/h1-14,19-20H,15-18,21-23H2. The number of nitrogens with zero attached hydrogens (tertiary/aromatic N) is 2. The van der Waals surface area contributed by atoms with Gasteiger partial charge < -0.3 is 18.9 Å². The van der Waals surface area contributed by atoms with Gasteiger partial charge in [0.15, 0.2) is 0 Å². The molecule has 6 rings (SSSR count). The lowest BCUT2D eigenvalue weighted by Gasteiger charge is -2.26. The highest BCUT2D eigenvalue weighted by Crippen LogP contribution is 2.31. The fourth-order valence-corrected chi connectivity index (χ4v) is 5.13. The van der Waals surface area contributed by atoms with E-state index in [-0.39, 0.29) is 5.91 Å². The maximum Gasteiger partial charge on any atom is 0.227 e. The first-order valence-corrected chi connectivity index (χ1v) is 12.9. The van der Waals surface area contributed by atoms with Gasteiger partial charge in [-0.1, -0.05) is 72.8 Å². The van der Waals surface area contributed by atoms with Crippen molar-refractivity contribution in [2.45, 2.75) is 19.6 Å². The summed E-state index contributed by atoms with van der Waals surface area (Å²) in [6.45, 7) is 3.84. The molecule has 0 unspecified atom stereocenters. The SMILES string of the molecule is O=C(Cc1ccc2c3ccccc3n(Cc3cccc(OCc4ccccc4)c3)c2c1)N1CCOCC1. The van der Waals surface area contributed by atoms with Crippen LogP contribution in [-0.2, 0) is 29.1 Å². The van der Waals surface area contributed by atoms with Crippen molar-refractivity contribution in [3.05, 3.63) is 114 Å². The molecule has 2 heterocycles. The Balaban J connectivity index is 1.29. The van der Waals surface area contributed by atoms with Gasteiger partial charge in [0.2, 0.25) is 5.91 Å². The van der Waals surface area contributed by atoms with E-state index in [0.29, 0.717) is 45.9 Å². The van der Waals surface area contributed by atoms with Crippen LogP contribution in [0.5, 0.6) is 5.75 Å². The summed E-state index contributed by atoms with van der Waals surface area (Å²) in [6, 6.07) is 33.5. The van der Waals surface area contributed by atoms with E-state index in [2.05, 4.69) is 77.4 Å². The van der Waals surface area contributed by atoms with Crippen LogP contribution in [0.4, 0.5) is 0 Å². The number of amides is 1. The van der Waals surface area contributed by atoms with Crippen molar-refractivity contribution in [2.75, 3.05) is 26.3 Å². The molecule has 37 heavy (non-hydrogen) atoms. The normalized spacial score (nSPS) is 13.8. The van der Waals surface area contributed by atoms with Crippen LogP contribution in [0.25, 0.3) is 21.8 Å². The smallest absolute Gasteiger partial charge is 0.227 e. The maximum atomic E-state index is 12.9. The second kappa shape index (κ2) is 10.5. The molecule has 0 atom stereocenters. The molecule has 4 aromatic carbocycles. The van der Waals surface area contributed by atoms with Crippen LogP contribution in [0, 0.1) is 0 Å². The quantitative estimate of drug-likeness (QED) is 0.289. The third-order valence-corrected chi connectivity index (χ3v) is 7.04. The Morgan fingerprint density at radius 3 is 2.35 bits per heavy atom. The van der Waals surface area contributed by atoms with Crippen LogP contribution in [0.1, 0.15) is 16.7 Å². The first-order valence-electron chi connectivity index (χ1n) is 12.9. The van der Waals surface area contributed by atoms with Gasteiger partial charge in [0.05, 0.1) is 19.6 Å². The maximum absolute atomic E-state index is 12.9. The number of carbonyl (C=O) groups excluding carboxylic acids is 1. The summed E-state index contributed by atoms with van der Waals surface area (Å²) in [5, 5.41) is 2.43. The molecule has 0 aliphatic carbocycles. The van der Waals surface area contributed by atoms with Gasteiger partial charge >= 0.3 is 0 Å². The number of ether oxygens (including phenoxy) is 2. The lowest BCUT2D eigenvalue weighted by Crippen LogP contribution is -2.41. The minimum atomic E-state index is 0.161. The molecular formula is C32H30N2O3. The van der Waals surface area contributed by atoms with Crippen LogP contribution in [-0.4, -0.2) is 41.7 Å². The Morgan fingerprint density at radius 2 is 1.49 bits per heavy atom. The highest BCUT2D eigenvalue weighted by Gasteiger charge is 2.18. The van der Waals surface area contributed by atoms with E-state index >= 15 is 0 Å². The van der Waals surface area contributed by atoms with Gasteiger partial charge in [-0.05, 0) is 41.0 Å². The molecule has 5 aromatic rings. The van der Waals surface area contributed by atoms with Gasteiger partial charge in [-0.3, -0.25) is 4.79 Å². The molecular weight excluding hydrogens is 460 g/mol. The number of para-hydroxylation sites is 1. The van der Waals surface area contributed by atoms with Crippen LogP contribution in [0.3, 0.4) is 0 Å². The highest BCUT2D eigenvalue weighted by atomic mass is 16.5. The molecule has 1 aliphatic heterocycles. The van der Waals surface area contributed by atoms with E-state index < -0.39 is 0 Å². The van der Waals surface area contributed by atoms with Gasteiger partial charge in [-0.15, -0.1) is 0 Å². The van der Waals surface area contributed by atoms with Crippen molar-refractivity contribution in [3.8, 4) is 5.75 Å². The Kier molecular flexibility index (Phi) is 6.61. The van der Waals surface area contributed by atoms with Crippen LogP contribution < -0.4 is 4.74 Å². The summed E-state index contributed by atoms with van der Waals surface area (Å²) in [7, 11) is 0. The fraction of sp³-hybridized carbons (Fsp3) is 0.219. The third kappa shape index (κ3) is 5.09. The van der Waals surface area contributed by atoms with Gasteiger partial charge in [0, 0.05) is 41.4 Å². The van der Waals surface area contributed by atoms with E-state index in [0.717, 1.165) is 22.4 Å². The predicted molar refractivity (Wildman–Crippen MR) is 147 cm³/mol. The van der Waals surface area contributed by atoms with Crippen molar-refractivity contribution in [1.29, 1.82) is 0 Å². The zero-order chi connectivity index (χ0) is 25.0. The second-order valence-electron chi connectivity index (χ2n) is 9.55. The summed E-state index contributed by atoms with van der Waals surface area (Å²) < 4.78 is 13.8. The third-order valence-electron chi connectivity index (χ3n) is 7.04. The molecule has 0 saturated carbocycles. The van der Waals surface area contributed by atoms with Gasteiger partial charge in [0.25, 0.3) is 0 Å². The molecule has 1 aliphatic rings. The molecule has 0 spiro atoms. The number of hydrogen-bond donors (Lipinski definition) is 0. The molecule has 1 amide bonds. The van der Waals surface area contributed by atoms with Crippen LogP contribution in [0.15, 0.2) is 97.1 Å². The lowest BCUT2D eigenvalue weighted by molar-refractivity contribution is -0.134. The number of fused-ring (bicyclic) bond motifs is 3. The molecule has 186 valence electrons. The molecule has 5 nitrogen and oxygen atoms in total. The Labute approximate surface area is 216 Å². The number of carbonyl (C=O) groups is 1. The lowest BCUT2D eigenvalue weighted by atomic mass is 10.1. The Bertz CT molecular complexity index is 1530. The van der Waals surface area contributed by atoms with Crippen LogP contribution >= 0.6 is 0 Å². The summed E-state index contributed by atoms with van der Waals surface area (Å²) in [5.74, 6) is 1.02. The first-order chi connectivity index (χ1) is 18.2. The minimum absolute atomic E-state index is 0.161. The fourth-order valence-electron chi connectivity index (χ4n) is 5.13. The van der Waals surface area contributed by atoms with E-state index in [4.69, 9.17) is 9.47 Å². The molecule has 0 bridgehead atoms. The van der Waals surface area contributed by atoms with Crippen molar-refractivity contribution in [3.63, 3.8) is 0 Å². The van der Waals surface area contributed by atoms with E-state index in [1.807, 2.05) is 29.2 Å². The van der Waals surface area contributed by atoms with Crippen LogP contribution in [0.2, 0.25) is 0 Å². The number of aromatic nitrogens is 1. The molecule has 1 fully saturated rings. The van der Waals surface area contributed by atoms with Gasteiger partial charge in [-0.2, -0.15) is 0 Å². The number of hydrogen-bond acceptors (Lipinski definition) is 3. The topological polar surface area (TPSA) is 43.7 Å². The number of morpholine rings is 1. The Morgan fingerprint density at radius 1 is 0.730 bits per heavy atom. The van der Waals surface area contributed by atoms with Gasteiger partial charge in [0.1, 0.15) is 12.4 Å². The van der Waals surface area contributed by atoms with Crippen molar-refractivity contribution < 1.29 is 14.3 Å². The van der Waals surface area contributed by atoms with E-state index in [9.17, 15) is 4.79 Å². The van der Waals surface area contributed by atoms with Crippen molar-refractivity contribution in [2.24, 2.45) is 0 Å². The van der Waals surface area contributed by atoms with E-state index in [1.165, 1.54) is 21.9 Å². The van der Waals surface area contributed by atoms with E-state index in [1.54, 1.807) is 0 Å². The largest absolute Gasteiger partial charge is 0.489 e. The summed E-state index contributed by atoms with van der Waals surface area (Å²) in [5.41, 5.74) is 5.68.